The lowest BCUT2D eigenvalue weighted by atomic mass is 10.2. The first kappa shape index (κ1) is 19.0. The van der Waals surface area contributed by atoms with Crippen LogP contribution in [0.3, 0.4) is 0 Å². The molecule has 0 atom stereocenters. The Morgan fingerprint density at radius 2 is 1.90 bits per heavy atom. The Labute approximate surface area is 175 Å². The third-order valence-electron chi connectivity index (χ3n) is 3.84. The number of carbonyl (C=O) groups excluding carboxylic acids is 1. The molecule has 7 nitrogen and oxygen atoms in total. The summed E-state index contributed by atoms with van der Waals surface area (Å²) in [6.45, 7) is 2.57. The first-order chi connectivity index (χ1) is 14.2. The van der Waals surface area contributed by atoms with E-state index in [1.807, 2.05) is 48.7 Å². The van der Waals surface area contributed by atoms with Crippen molar-refractivity contribution < 1.29 is 9.53 Å². The molecule has 3 aromatic heterocycles. The van der Waals surface area contributed by atoms with Gasteiger partial charge in [0.1, 0.15) is 11.4 Å². The number of pyridine rings is 1. The van der Waals surface area contributed by atoms with E-state index in [0.29, 0.717) is 22.6 Å². The lowest BCUT2D eigenvalue weighted by molar-refractivity contribution is 0.102. The average molecular weight is 424 g/mol. The van der Waals surface area contributed by atoms with E-state index in [2.05, 4.69) is 25.6 Å². The number of aromatic nitrogens is 3. The maximum Gasteiger partial charge on any atom is 0.276 e. The Morgan fingerprint density at radius 3 is 2.66 bits per heavy atom. The van der Waals surface area contributed by atoms with Gasteiger partial charge in [0, 0.05) is 34.4 Å². The Bertz CT molecular complexity index is 1090. The molecule has 1 amide bonds. The van der Waals surface area contributed by atoms with Gasteiger partial charge in [0.15, 0.2) is 10.3 Å². The summed E-state index contributed by atoms with van der Waals surface area (Å²) in [6.07, 6.45) is 3.44. The predicted molar refractivity (Wildman–Crippen MR) is 116 cm³/mol. The fourth-order valence-electron chi connectivity index (χ4n) is 2.50. The summed E-state index contributed by atoms with van der Waals surface area (Å²) in [5.41, 5.74) is 2.88. The van der Waals surface area contributed by atoms with Gasteiger partial charge in [-0.1, -0.05) is 0 Å². The zero-order chi connectivity index (χ0) is 20.1. The maximum absolute atomic E-state index is 12.5. The Balaban J connectivity index is 1.39. The molecule has 29 heavy (non-hydrogen) atoms. The molecule has 146 valence electrons. The Kier molecular flexibility index (Phi) is 5.78. The fraction of sp³-hybridized carbons (Fsp3) is 0.100. The molecule has 0 saturated heterocycles. The van der Waals surface area contributed by atoms with Crippen LogP contribution in [0.25, 0.3) is 11.3 Å². The van der Waals surface area contributed by atoms with Crippen LogP contribution >= 0.6 is 22.7 Å². The summed E-state index contributed by atoms with van der Waals surface area (Å²) in [6, 6.07) is 11.3. The molecule has 3 heterocycles. The number of benzene rings is 1. The summed E-state index contributed by atoms with van der Waals surface area (Å²) >= 11 is 2.72. The molecule has 4 aromatic rings. The highest BCUT2D eigenvalue weighted by Gasteiger charge is 2.14. The zero-order valence-electron chi connectivity index (χ0n) is 15.5. The second kappa shape index (κ2) is 8.80. The molecule has 0 fully saturated rings. The van der Waals surface area contributed by atoms with Gasteiger partial charge in [-0.2, -0.15) is 0 Å². The highest BCUT2D eigenvalue weighted by Crippen LogP contribution is 2.26. The number of thiazole rings is 2. The van der Waals surface area contributed by atoms with E-state index >= 15 is 0 Å². The topological polar surface area (TPSA) is 89.0 Å². The largest absolute Gasteiger partial charge is 0.494 e. The Morgan fingerprint density at radius 1 is 1.07 bits per heavy atom. The van der Waals surface area contributed by atoms with E-state index in [4.69, 9.17) is 4.74 Å². The van der Waals surface area contributed by atoms with E-state index in [9.17, 15) is 4.79 Å². The van der Waals surface area contributed by atoms with Gasteiger partial charge in [-0.05, 0) is 43.3 Å². The minimum absolute atomic E-state index is 0.298. The third kappa shape index (κ3) is 4.76. The molecule has 9 heteroatoms. The summed E-state index contributed by atoms with van der Waals surface area (Å²) in [5, 5.41) is 10.7. The number of hydrogen-bond acceptors (Lipinski definition) is 8. The number of anilines is 3. The molecule has 0 spiro atoms. The highest BCUT2D eigenvalue weighted by molar-refractivity contribution is 7.14. The number of amides is 1. The summed E-state index contributed by atoms with van der Waals surface area (Å²) in [7, 11) is 0. The summed E-state index contributed by atoms with van der Waals surface area (Å²) in [5.74, 6) is 0.513. The van der Waals surface area contributed by atoms with Gasteiger partial charge in [0.2, 0.25) is 0 Å². The van der Waals surface area contributed by atoms with Crippen LogP contribution in [-0.2, 0) is 0 Å². The number of nitrogens with one attached hydrogen (secondary N) is 2. The van der Waals surface area contributed by atoms with Crippen LogP contribution in [0.2, 0.25) is 0 Å². The lowest BCUT2D eigenvalue weighted by Crippen LogP contribution is -2.12. The number of hydrogen-bond donors (Lipinski definition) is 2. The van der Waals surface area contributed by atoms with Crippen molar-refractivity contribution in [3.05, 3.63) is 65.2 Å². The van der Waals surface area contributed by atoms with Crippen LogP contribution in [0.15, 0.2) is 59.6 Å². The molecule has 0 bridgehead atoms. The van der Waals surface area contributed by atoms with E-state index < -0.39 is 0 Å². The molecule has 0 saturated carbocycles. The van der Waals surface area contributed by atoms with Gasteiger partial charge in [0.05, 0.1) is 12.3 Å². The minimum Gasteiger partial charge on any atom is -0.494 e. The van der Waals surface area contributed by atoms with Crippen molar-refractivity contribution in [3.8, 4) is 17.0 Å². The van der Waals surface area contributed by atoms with Crippen molar-refractivity contribution in [2.24, 2.45) is 0 Å². The van der Waals surface area contributed by atoms with Crippen LogP contribution in [0.5, 0.6) is 5.75 Å². The third-order valence-corrected chi connectivity index (χ3v) is 5.35. The lowest BCUT2D eigenvalue weighted by Gasteiger charge is -2.05. The second-order valence-corrected chi connectivity index (χ2v) is 7.57. The number of ether oxygens (including phenoxy) is 1. The number of nitrogens with zero attached hydrogens (tertiary/aromatic N) is 3. The Hall–Kier alpha value is -3.30. The quantitative estimate of drug-likeness (QED) is 0.432. The van der Waals surface area contributed by atoms with Crippen molar-refractivity contribution in [3.63, 3.8) is 0 Å². The van der Waals surface area contributed by atoms with Crippen LogP contribution in [0, 0.1) is 0 Å². The smallest absolute Gasteiger partial charge is 0.276 e. The molecule has 0 aliphatic carbocycles. The molecule has 0 aliphatic heterocycles. The van der Waals surface area contributed by atoms with Crippen molar-refractivity contribution in [1.82, 2.24) is 15.0 Å². The van der Waals surface area contributed by atoms with E-state index in [1.165, 1.54) is 22.7 Å². The van der Waals surface area contributed by atoms with Crippen molar-refractivity contribution in [1.29, 1.82) is 0 Å². The van der Waals surface area contributed by atoms with Crippen molar-refractivity contribution in [2.75, 3.05) is 17.2 Å². The summed E-state index contributed by atoms with van der Waals surface area (Å²) in [4.78, 5) is 25.4. The monoisotopic (exact) mass is 423 g/mol. The fourth-order valence-corrected chi connectivity index (χ4v) is 3.92. The molecule has 0 aliphatic rings. The highest BCUT2D eigenvalue weighted by atomic mass is 32.1. The zero-order valence-corrected chi connectivity index (χ0v) is 17.1. The van der Waals surface area contributed by atoms with Crippen molar-refractivity contribution in [2.45, 2.75) is 6.92 Å². The molecule has 0 radical (unpaired) electrons. The molecular weight excluding hydrogens is 406 g/mol. The van der Waals surface area contributed by atoms with E-state index in [1.54, 1.807) is 17.8 Å². The van der Waals surface area contributed by atoms with Gasteiger partial charge in [0.25, 0.3) is 5.91 Å². The van der Waals surface area contributed by atoms with Crippen LogP contribution < -0.4 is 15.4 Å². The van der Waals surface area contributed by atoms with Crippen LogP contribution in [0.4, 0.5) is 16.0 Å². The van der Waals surface area contributed by atoms with Crippen LogP contribution in [-0.4, -0.2) is 27.5 Å². The molecule has 1 aromatic carbocycles. The van der Waals surface area contributed by atoms with Crippen molar-refractivity contribution >= 4 is 44.5 Å². The molecule has 2 N–H and O–H groups in total. The van der Waals surface area contributed by atoms with Crippen LogP contribution in [0.1, 0.15) is 17.4 Å². The van der Waals surface area contributed by atoms with Gasteiger partial charge in [-0.25, -0.2) is 9.97 Å². The average Bonchev–Trinajstić information content (AvgIpc) is 3.40. The normalized spacial score (nSPS) is 10.5. The SMILES string of the molecule is CCOc1ccc(Nc2nc(C(=O)Nc3nc(-c4cccnc4)cs3)cs2)cc1. The van der Waals surface area contributed by atoms with Gasteiger partial charge >= 0.3 is 0 Å². The first-order valence-corrected chi connectivity index (χ1v) is 10.6. The minimum atomic E-state index is -0.298. The van der Waals surface area contributed by atoms with E-state index in [-0.39, 0.29) is 5.91 Å². The number of carbonyl (C=O) groups is 1. The van der Waals surface area contributed by atoms with Gasteiger partial charge in [-0.3, -0.25) is 15.1 Å². The predicted octanol–water partition coefficient (Wildman–Crippen LogP) is 5.06. The second-order valence-electron chi connectivity index (χ2n) is 5.85. The van der Waals surface area contributed by atoms with Gasteiger partial charge < -0.3 is 10.1 Å². The maximum atomic E-state index is 12.5. The first-order valence-electron chi connectivity index (χ1n) is 8.84. The standard InChI is InChI=1S/C20H17N5O2S2/c1-2-27-15-7-5-14(6-8-15)22-19-24-17(12-29-19)18(26)25-20-23-16(11-28-20)13-4-3-9-21-10-13/h3-12H,2H2,1H3,(H,22,24)(H,23,25,26). The van der Waals surface area contributed by atoms with E-state index in [0.717, 1.165) is 22.7 Å². The molecular formula is C20H17N5O2S2. The molecule has 4 rings (SSSR count). The van der Waals surface area contributed by atoms with Gasteiger partial charge in [-0.15, -0.1) is 22.7 Å². The summed E-state index contributed by atoms with van der Waals surface area (Å²) < 4.78 is 5.43. The number of rotatable bonds is 7. The molecule has 0 unspecified atom stereocenters.